The lowest BCUT2D eigenvalue weighted by molar-refractivity contribution is 0.198. The van der Waals surface area contributed by atoms with Gasteiger partial charge in [0.05, 0.1) is 11.1 Å². The van der Waals surface area contributed by atoms with Crippen LogP contribution in [-0.2, 0) is 0 Å². The third kappa shape index (κ3) is 3.44. The topological polar surface area (TPSA) is 32.3 Å². The van der Waals surface area contributed by atoms with E-state index in [9.17, 15) is 13.6 Å². The van der Waals surface area contributed by atoms with Crippen LogP contribution in [0.25, 0.3) is 0 Å². The normalized spacial score (nSPS) is 20.0. The zero-order chi connectivity index (χ0) is 16.4. The van der Waals surface area contributed by atoms with E-state index in [0.717, 1.165) is 38.5 Å². The molecule has 1 aromatic rings. The number of hydrogen-bond acceptors (Lipinski definition) is 1. The summed E-state index contributed by atoms with van der Waals surface area (Å²) in [5, 5.41) is 2.76. The summed E-state index contributed by atoms with van der Waals surface area (Å²) in [6, 6.07) is 1.48. The first-order valence-electron chi connectivity index (χ1n) is 8.26. The Hall–Kier alpha value is -1.36. The summed E-state index contributed by atoms with van der Waals surface area (Å²) >= 11 is 5.84. The second-order valence-corrected chi connectivity index (χ2v) is 6.83. The van der Waals surface area contributed by atoms with Crippen molar-refractivity contribution in [2.75, 3.05) is 13.1 Å². The predicted molar refractivity (Wildman–Crippen MR) is 85.4 cm³/mol. The van der Waals surface area contributed by atoms with Crippen molar-refractivity contribution in [1.82, 2.24) is 10.2 Å². The predicted octanol–water partition coefficient (Wildman–Crippen LogP) is 4.65. The van der Waals surface area contributed by atoms with Crippen LogP contribution in [0.15, 0.2) is 12.1 Å². The van der Waals surface area contributed by atoms with Gasteiger partial charge < -0.3 is 10.2 Å². The van der Waals surface area contributed by atoms with Crippen LogP contribution in [0.4, 0.5) is 13.6 Å². The van der Waals surface area contributed by atoms with Crippen molar-refractivity contribution in [2.45, 2.75) is 44.6 Å². The number of rotatable bonds is 3. The minimum Gasteiger partial charge on any atom is -0.331 e. The summed E-state index contributed by atoms with van der Waals surface area (Å²) in [6.07, 6.45) is 5.70. The van der Waals surface area contributed by atoms with Crippen LogP contribution in [0.5, 0.6) is 0 Å². The average Bonchev–Trinajstić information content (AvgIpc) is 3.22. The van der Waals surface area contributed by atoms with Gasteiger partial charge in [-0.25, -0.2) is 13.6 Å². The van der Waals surface area contributed by atoms with Crippen molar-refractivity contribution >= 4 is 17.6 Å². The molecule has 1 aliphatic carbocycles. The molecule has 0 spiro atoms. The molecular weight excluding hydrogens is 322 g/mol. The second-order valence-electron chi connectivity index (χ2n) is 6.42. The number of carbonyl (C=O) groups excluding carboxylic acids is 1. The fourth-order valence-electron chi connectivity index (χ4n) is 3.69. The van der Waals surface area contributed by atoms with E-state index in [0.29, 0.717) is 13.1 Å². The summed E-state index contributed by atoms with van der Waals surface area (Å²) in [5.74, 6) is -1.36. The SMILES string of the molecule is O=C(NC(c1c(F)ccc(Cl)c1F)C1CCCC1)N1CCCC1. The molecule has 1 atom stereocenters. The first-order chi connectivity index (χ1) is 11.1. The minimum atomic E-state index is -0.759. The fourth-order valence-corrected chi connectivity index (χ4v) is 3.85. The van der Waals surface area contributed by atoms with E-state index in [2.05, 4.69) is 5.32 Å². The highest BCUT2D eigenvalue weighted by Gasteiger charge is 2.34. The van der Waals surface area contributed by atoms with E-state index < -0.39 is 17.7 Å². The molecular formula is C17H21ClF2N2O. The van der Waals surface area contributed by atoms with Crippen molar-refractivity contribution in [1.29, 1.82) is 0 Å². The van der Waals surface area contributed by atoms with Crippen LogP contribution in [0.2, 0.25) is 5.02 Å². The molecule has 126 valence electrons. The molecule has 2 amide bonds. The standard InChI is InChI=1S/C17H21ClF2N2O/c18-12-7-8-13(19)14(15(12)20)16(11-5-1-2-6-11)21-17(23)22-9-3-4-10-22/h7-8,11,16H,1-6,9-10H2,(H,21,23). The molecule has 1 heterocycles. The first kappa shape index (κ1) is 16.5. The second kappa shape index (κ2) is 7.04. The Morgan fingerprint density at radius 1 is 1.17 bits per heavy atom. The lowest BCUT2D eigenvalue weighted by Crippen LogP contribution is -2.42. The fraction of sp³-hybridized carbons (Fsp3) is 0.588. The van der Waals surface area contributed by atoms with Gasteiger partial charge in [-0.1, -0.05) is 24.4 Å². The van der Waals surface area contributed by atoms with Gasteiger partial charge in [-0.05, 0) is 43.7 Å². The number of hydrogen-bond donors (Lipinski definition) is 1. The Bertz CT molecular complexity index is 584. The van der Waals surface area contributed by atoms with Crippen molar-refractivity contribution in [2.24, 2.45) is 5.92 Å². The highest BCUT2D eigenvalue weighted by molar-refractivity contribution is 6.30. The molecule has 23 heavy (non-hydrogen) atoms. The summed E-state index contributed by atoms with van der Waals surface area (Å²) in [5.41, 5.74) is -0.100. The van der Waals surface area contributed by atoms with Crippen LogP contribution < -0.4 is 5.32 Å². The molecule has 3 nitrogen and oxygen atoms in total. The molecule has 6 heteroatoms. The Labute approximate surface area is 140 Å². The average molecular weight is 343 g/mol. The lowest BCUT2D eigenvalue weighted by Gasteiger charge is -2.28. The van der Waals surface area contributed by atoms with Gasteiger partial charge in [0.2, 0.25) is 0 Å². The van der Waals surface area contributed by atoms with E-state index in [-0.39, 0.29) is 22.5 Å². The highest BCUT2D eigenvalue weighted by Crippen LogP contribution is 2.39. The van der Waals surface area contributed by atoms with Gasteiger partial charge in [-0.15, -0.1) is 0 Å². The maximum absolute atomic E-state index is 14.5. The maximum Gasteiger partial charge on any atom is 0.317 e. The summed E-state index contributed by atoms with van der Waals surface area (Å²) in [4.78, 5) is 14.1. The molecule has 0 bridgehead atoms. The van der Waals surface area contributed by atoms with Gasteiger partial charge in [0.15, 0.2) is 0 Å². The van der Waals surface area contributed by atoms with Crippen LogP contribution in [0.3, 0.4) is 0 Å². The zero-order valence-electron chi connectivity index (χ0n) is 13.0. The molecule has 2 fully saturated rings. The van der Waals surface area contributed by atoms with Gasteiger partial charge in [0, 0.05) is 18.7 Å². The number of nitrogens with zero attached hydrogens (tertiary/aromatic N) is 1. The van der Waals surface area contributed by atoms with Crippen LogP contribution in [0.1, 0.15) is 50.1 Å². The van der Waals surface area contributed by atoms with E-state index in [1.165, 1.54) is 12.1 Å². The van der Waals surface area contributed by atoms with Gasteiger partial charge in [-0.2, -0.15) is 0 Å². The van der Waals surface area contributed by atoms with E-state index in [1.807, 2.05) is 0 Å². The Morgan fingerprint density at radius 2 is 1.83 bits per heavy atom. The lowest BCUT2D eigenvalue weighted by atomic mass is 9.91. The molecule has 2 aliphatic rings. The number of halogens is 3. The smallest absolute Gasteiger partial charge is 0.317 e. The first-order valence-corrected chi connectivity index (χ1v) is 8.64. The maximum atomic E-state index is 14.5. The van der Waals surface area contributed by atoms with Crippen LogP contribution >= 0.6 is 11.6 Å². The zero-order valence-corrected chi connectivity index (χ0v) is 13.7. The van der Waals surface area contributed by atoms with E-state index >= 15 is 0 Å². The van der Waals surface area contributed by atoms with Crippen molar-refractivity contribution in [3.63, 3.8) is 0 Å². The molecule has 0 aromatic heterocycles. The van der Waals surface area contributed by atoms with Crippen molar-refractivity contribution in [3.05, 3.63) is 34.4 Å². The molecule has 1 saturated carbocycles. The highest BCUT2D eigenvalue weighted by atomic mass is 35.5. The summed E-state index contributed by atoms with van der Waals surface area (Å²) in [6.45, 7) is 1.40. The van der Waals surface area contributed by atoms with E-state index in [1.54, 1.807) is 4.90 Å². The monoisotopic (exact) mass is 342 g/mol. The minimum absolute atomic E-state index is 0.0454. The van der Waals surface area contributed by atoms with Gasteiger partial charge in [0.1, 0.15) is 11.6 Å². The molecule has 1 N–H and O–H groups in total. The number of nitrogens with one attached hydrogen (secondary N) is 1. The Morgan fingerprint density at radius 3 is 2.48 bits per heavy atom. The molecule has 1 aromatic carbocycles. The Kier molecular flexibility index (Phi) is 5.05. The number of likely N-dealkylation sites (tertiary alicyclic amines) is 1. The quantitative estimate of drug-likeness (QED) is 0.796. The summed E-state index contributed by atoms with van der Waals surface area (Å²) < 4.78 is 28.8. The number of carbonyl (C=O) groups is 1. The van der Waals surface area contributed by atoms with Crippen LogP contribution in [-0.4, -0.2) is 24.0 Å². The summed E-state index contributed by atoms with van der Waals surface area (Å²) in [7, 11) is 0. The molecule has 0 radical (unpaired) electrons. The molecule has 1 saturated heterocycles. The van der Waals surface area contributed by atoms with E-state index in [4.69, 9.17) is 11.6 Å². The Balaban J connectivity index is 1.89. The van der Waals surface area contributed by atoms with Crippen molar-refractivity contribution in [3.8, 4) is 0 Å². The largest absolute Gasteiger partial charge is 0.331 e. The van der Waals surface area contributed by atoms with Crippen LogP contribution in [0, 0.1) is 17.6 Å². The van der Waals surface area contributed by atoms with Crippen molar-refractivity contribution < 1.29 is 13.6 Å². The van der Waals surface area contributed by atoms with Gasteiger partial charge >= 0.3 is 6.03 Å². The third-order valence-electron chi connectivity index (χ3n) is 4.93. The van der Waals surface area contributed by atoms with Gasteiger partial charge in [-0.3, -0.25) is 0 Å². The van der Waals surface area contributed by atoms with Gasteiger partial charge in [0.25, 0.3) is 0 Å². The molecule has 3 rings (SSSR count). The number of amides is 2. The third-order valence-corrected chi connectivity index (χ3v) is 5.23. The number of urea groups is 1. The molecule has 1 unspecified atom stereocenters. The number of benzene rings is 1. The molecule has 1 aliphatic heterocycles.